The smallest absolute Gasteiger partial charge is 0.140 e. The van der Waals surface area contributed by atoms with E-state index in [1.54, 1.807) is 0 Å². The molecule has 0 aromatic carbocycles. The third-order valence-electron chi connectivity index (χ3n) is 4.84. The van der Waals surface area contributed by atoms with Gasteiger partial charge in [-0.3, -0.25) is 0 Å². The lowest BCUT2D eigenvalue weighted by atomic mass is 10.1. The summed E-state index contributed by atoms with van der Waals surface area (Å²) in [6.07, 6.45) is 8.43. The van der Waals surface area contributed by atoms with E-state index in [-0.39, 0.29) is 0 Å². The zero-order valence-electron chi connectivity index (χ0n) is 12.4. The Labute approximate surface area is 113 Å². The van der Waals surface area contributed by atoms with Crippen LogP contribution in [0.1, 0.15) is 38.5 Å². The number of hydrogen-bond donors (Lipinski definition) is 0. The van der Waals surface area contributed by atoms with Gasteiger partial charge in [0.25, 0.3) is 0 Å². The van der Waals surface area contributed by atoms with Gasteiger partial charge < -0.3 is 8.97 Å². The molecule has 0 saturated carbocycles. The van der Waals surface area contributed by atoms with Gasteiger partial charge in [0.2, 0.25) is 0 Å². The Bertz CT molecular complexity index is 282. The van der Waals surface area contributed by atoms with Gasteiger partial charge in [0, 0.05) is 0 Å². The van der Waals surface area contributed by atoms with Gasteiger partial charge in [-0.1, -0.05) is 0 Å². The van der Waals surface area contributed by atoms with Crippen molar-refractivity contribution >= 4 is 0 Å². The van der Waals surface area contributed by atoms with Gasteiger partial charge in [0.15, 0.2) is 0 Å². The van der Waals surface area contributed by atoms with E-state index in [0.717, 1.165) is 13.1 Å². The molecule has 2 heteroatoms. The maximum absolute atomic E-state index is 3.47. The maximum atomic E-state index is 3.47. The van der Waals surface area contributed by atoms with Crippen molar-refractivity contribution < 1.29 is 8.97 Å². The predicted octanol–water partition coefficient (Wildman–Crippen LogP) is 2.25. The fourth-order valence-corrected chi connectivity index (χ4v) is 3.36. The summed E-state index contributed by atoms with van der Waals surface area (Å²) >= 11 is 0. The topological polar surface area (TPSA) is 0 Å². The fraction of sp³-hybridized carbons (Fsp3) is 0.875. The Morgan fingerprint density at radius 2 is 0.944 bits per heavy atom. The highest BCUT2D eigenvalue weighted by molar-refractivity contribution is 4.99. The van der Waals surface area contributed by atoms with Crippen molar-refractivity contribution in [2.24, 2.45) is 0 Å². The predicted molar refractivity (Wildman–Crippen MR) is 77.0 cm³/mol. The minimum Gasteiger partial charge on any atom is -0.316 e. The highest BCUT2D eigenvalue weighted by atomic mass is 15.3. The number of quaternary nitrogens is 2. The molecule has 0 unspecified atom stereocenters. The third-order valence-corrected chi connectivity index (χ3v) is 4.84. The molecule has 102 valence electrons. The SMILES string of the molecule is C[N+]1(CC#CC[N+]2(C)CCCCC2)CCCCC1. The van der Waals surface area contributed by atoms with E-state index in [2.05, 4.69) is 25.9 Å². The van der Waals surface area contributed by atoms with Crippen LogP contribution >= 0.6 is 0 Å². The summed E-state index contributed by atoms with van der Waals surface area (Å²) in [7, 11) is 4.76. The molecule has 18 heavy (non-hydrogen) atoms. The number of rotatable bonds is 2. The van der Waals surface area contributed by atoms with Gasteiger partial charge in [-0.15, -0.1) is 0 Å². The molecular formula is C16H30N2+2. The molecule has 2 heterocycles. The molecule has 2 nitrogen and oxygen atoms in total. The molecule has 0 aromatic heterocycles. The average Bonchev–Trinajstić information content (AvgIpc) is 2.37. The van der Waals surface area contributed by atoms with Crippen LogP contribution in [0.4, 0.5) is 0 Å². The number of piperidine rings is 2. The Morgan fingerprint density at radius 1 is 0.611 bits per heavy atom. The molecule has 2 aliphatic rings. The largest absolute Gasteiger partial charge is 0.316 e. The van der Waals surface area contributed by atoms with Crippen molar-refractivity contribution in [1.29, 1.82) is 0 Å². The molecule has 0 N–H and O–H groups in total. The lowest BCUT2D eigenvalue weighted by Gasteiger charge is -2.37. The summed E-state index contributed by atoms with van der Waals surface area (Å²) in [5.41, 5.74) is 0. The van der Waals surface area contributed by atoms with Crippen LogP contribution in [0.3, 0.4) is 0 Å². The van der Waals surface area contributed by atoms with E-state index in [0.29, 0.717) is 0 Å². The molecule has 0 spiro atoms. The molecule has 0 amide bonds. The maximum Gasteiger partial charge on any atom is 0.140 e. The van der Waals surface area contributed by atoms with Gasteiger partial charge in [-0.2, -0.15) is 0 Å². The lowest BCUT2D eigenvalue weighted by Crippen LogP contribution is -2.49. The van der Waals surface area contributed by atoms with E-state index in [4.69, 9.17) is 0 Å². The molecule has 0 atom stereocenters. The van der Waals surface area contributed by atoms with Gasteiger partial charge >= 0.3 is 0 Å². The van der Waals surface area contributed by atoms with Crippen molar-refractivity contribution in [2.75, 3.05) is 53.4 Å². The molecule has 0 radical (unpaired) electrons. The molecule has 0 aromatic rings. The van der Waals surface area contributed by atoms with Crippen LogP contribution < -0.4 is 0 Å². The van der Waals surface area contributed by atoms with Crippen molar-refractivity contribution in [3.05, 3.63) is 0 Å². The molecule has 2 fully saturated rings. The normalized spacial score (nSPS) is 26.1. The summed E-state index contributed by atoms with van der Waals surface area (Å²) in [5.74, 6) is 6.95. The second-order valence-corrected chi connectivity index (χ2v) is 6.92. The molecule has 2 saturated heterocycles. The lowest BCUT2D eigenvalue weighted by molar-refractivity contribution is -0.908. The van der Waals surface area contributed by atoms with E-state index >= 15 is 0 Å². The zero-order valence-corrected chi connectivity index (χ0v) is 12.4. The zero-order chi connectivity index (χ0) is 12.9. The first-order valence-corrected chi connectivity index (χ1v) is 7.75. The quantitative estimate of drug-likeness (QED) is 0.521. The Balaban J connectivity index is 1.77. The first-order chi connectivity index (χ1) is 8.62. The van der Waals surface area contributed by atoms with E-state index in [9.17, 15) is 0 Å². The summed E-state index contributed by atoms with van der Waals surface area (Å²) < 4.78 is 2.38. The van der Waals surface area contributed by atoms with Gasteiger partial charge in [-0.05, 0) is 50.4 Å². The van der Waals surface area contributed by atoms with Crippen LogP contribution in [0, 0.1) is 11.8 Å². The Hall–Kier alpha value is -0.520. The summed E-state index contributed by atoms with van der Waals surface area (Å²) in [5, 5.41) is 0. The van der Waals surface area contributed by atoms with E-state index in [1.165, 1.54) is 73.7 Å². The van der Waals surface area contributed by atoms with Crippen LogP contribution in [0.25, 0.3) is 0 Å². The average molecular weight is 250 g/mol. The van der Waals surface area contributed by atoms with Crippen molar-refractivity contribution in [3.8, 4) is 11.8 Å². The summed E-state index contributed by atoms with van der Waals surface area (Å²) in [6.45, 7) is 7.48. The van der Waals surface area contributed by atoms with Crippen molar-refractivity contribution in [3.63, 3.8) is 0 Å². The number of hydrogen-bond acceptors (Lipinski definition) is 0. The van der Waals surface area contributed by atoms with Crippen LogP contribution in [0.2, 0.25) is 0 Å². The molecular weight excluding hydrogens is 220 g/mol. The van der Waals surface area contributed by atoms with E-state index < -0.39 is 0 Å². The first-order valence-electron chi connectivity index (χ1n) is 7.75. The molecule has 0 bridgehead atoms. The Morgan fingerprint density at radius 3 is 1.28 bits per heavy atom. The van der Waals surface area contributed by atoms with Gasteiger partial charge in [0.1, 0.15) is 13.1 Å². The van der Waals surface area contributed by atoms with E-state index in [1.807, 2.05) is 0 Å². The van der Waals surface area contributed by atoms with Gasteiger partial charge in [-0.25, -0.2) is 0 Å². The minimum atomic E-state index is 1.07. The first kappa shape index (κ1) is 13.9. The number of likely N-dealkylation sites (tertiary alicyclic amines) is 2. The highest BCUT2D eigenvalue weighted by Crippen LogP contribution is 2.16. The third kappa shape index (κ3) is 4.00. The Kier molecular flexibility index (Phi) is 4.70. The van der Waals surface area contributed by atoms with Crippen LogP contribution in [-0.4, -0.2) is 62.3 Å². The second-order valence-electron chi connectivity index (χ2n) is 6.92. The molecule has 0 aliphatic carbocycles. The van der Waals surface area contributed by atoms with Crippen molar-refractivity contribution in [1.82, 2.24) is 0 Å². The highest BCUT2D eigenvalue weighted by Gasteiger charge is 2.24. The standard InChI is InChI=1S/C16H30N2/c1-17(11-5-3-6-12-17)15-9-10-16-18(2)13-7-4-8-14-18/h3-8,11-16H2,1-2H3/q+2. The molecule has 2 aliphatic heterocycles. The van der Waals surface area contributed by atoms with Crippen LogP contribution in [-0.2, 0) is 0 Å². The van der Waals surface area contributed by atoms with Crippen LogP contribution in [0.5, 0.6) is 0 Å². The fourth-order valence-electron chi connectivity index (χ4n) is 3.36. The number of nitrogens with zero attached hydrogens (tertiary/aromatic N) is 2. The molecule has 2 rings (SSSR count). The summed E-state index contributed by atoms with van der Waals surface area (Å²) in [6, 6.07) is 0. The second kappa shape index (κ2) is 6.08. The van der Waals surface area contributed by atoms with Crippen molar-refractivity contribution in [2.45, 2.75) is 38.5 Å². The summed E-state index contributed by atoms with van der Waals surface area (Å²) in [4.78, 5) is 0. The van der Waals surface area contributed by atoms with Crippen LogP contribution in [0.15, 0.2) is 0 Å². The monoisotopic (exact) mass is 250 g/mol. The minimum absolute atomic E-state index is 1.07. The van der Waals surface area contributed by atoms with Gasteiger partial charge in [0.05, 0.1) is 40.3 Å².